The van der Waals surface area contributed by atoms with E-state index in [4.69, 9.17) is 4.99 Å². The highest BCUT2D eigenvalue weighted by atomic mass is 19.4. The molecular weight excluding hydrogens is 317 g/mol. The van der Waals surface area contributed by atoms with Crippen molar-refractivity contribution in [3.8, 4) is 0 Å². The topological polar surface area (TPSA) is 30.9 Å². The van der Waals surface area contributed by atoms with Crippen LogP contribution in [0.1, 0.15) is 46.5 Å². The fourth-order valence-electron chi connectivity index (χ4n) is 4.51. The molecule has 138 valence electrons. The van der Waals surface area contributed by atoms with Gasteiger partial charge in [0, 0.05) is 31.9 Å². The first-order valence-corrected chi connectivity index (χ1v) is 8.90. The molecule has 0 amide bonds. The van der Waals surface area contributed by atoms with Crippen molar-refractivity contribution in [2.24, 2.45) is 16.3 Å². The number of hydrazine groups is 1. The average Bonchev–Trinajstić information content (AvgIpc) is 3.01. The molecule has 0 saturated carbocycles. The minimum atomic E-state index is -4.19. The van der Waals surface area contributed by atoms with Gasteiger partial charge in [-0.05, 0) is 37.0 Å². The zero-order valence-corrected chi connectivity index (χ0v) is 15.0. The van der Waals surface area contributed by atoms with E-state index in [9.17, 15) is 13.2 Å². The maximum Gasteiger partial charge on any atom is 0.405 e. The molecular formula is C17H29F3N4. The molecule has 0 bridgehead atoms. The number of hydrogen-bond donors (Lipinski definition) is 1. The van der Waals surface area contributed by atoms with Gasteiger partial charge in [0.05, 0.1) is 0 Å². The van der Waals surface area contributed by atoms with Gasteiger partial charge >= 0.3 is 6.18 Å². The van der Waals surface area contributed by atoms with Crippen molar-refractivity contribution in [1.29, 1.82) is 0 Å². The van der Waals surface area contributed by atoms with Crippen molar-refractivity contribution in [2.45, 2.75) is 76.9 Å². The molecule has 24 heavy (non-hydrogen) atoms. The zero-order chi connectivity index (χ0) is 17.7. The number of fused-ring (bicyclic) bond motifs is 1. The Bertz CT molecular complexity index is 485. The number of nitrogens with zero attached hydrogens (tertiary/aromatic N) is 3. The lowest BCUT2D eigenvalue weighted by molar-refractivity contribution is -0.156. The van der Waals surface area contributed by atoms with E-state index in [0.717, 1.165) is 19.3 Å². The molecule has 1 N–H and O–H groups in total. The number of hydrogen-bond acceptors (Lipinski definition) is 4. The van der Waals surface area contributed by atoms with Crippen molar-refractivity contribution in [2.75, 3.05) is 13.6 Å². The van der Waals surface area contributed by atoms with Crippen LogP contribution in [0.3, 0.4) is 0 Å². The molecule has 5 unspecified atom stereocenters. The summed E-state index contributed by atoms with van der Waals surface area (Å²) in [6.07, 6.45) is 1.30. The first-order valence-electron chi connectivity index (χ1n) is 8.90. The summed E-state index contributed by atoms with van der Waals surface area (Å²) in [5.74, 6) is 0.539. The van der Waals surface area contributed by atoms with Crippen LogP contribution in [0.5, 0.6) is 0 Å². The smallest absolute Gasteiger partial charge is 0.278 e. The van der Waals surface area contributed by atoms with Crippen molar-refractivity contribution in [1.82, 2.24) is 15.3 Å². The Hall–Kier alpha value is -0.660. The Morgan fingerprint density at radius 1 is 1.21 bits per heavy atom. The Morgan fingerprint density at radius 2 is 1.92 bits per heavy atom. The highest BCUT2D eigenvalue weighted by molar-refractivity contribution is 5.58. The van der Waals surface area contributed by atoms with Gasteiger partial charge in [-0.25, -0.2) is 10.4 Å². The summed E-state index contributed by atoms with van der Waals surface area (Å²) in [6.45, 7) is 7.30. The van der Waals surface area contributed by atoms with E-state index in [1.54, 1.807) is 12.1 Å². The number of likely N-dealkylation sites (tertiary alicyclic amines) is 1. The fourth-order valence-corrected chi connectivity index (χ4v) is 4.51. The van der Waals surface area contributed by atoms with Crippen LogP contribution < -0.4 is 5.43 Å². The van der Waals surface area contributed by atoms with Crippen LogP contribution in [0.4, 0.5) is 13.2 Å². The van der Waals surface area contributed by atoms with Gasteiger partial charge < -0.3 is 0 Å². The van der Waals surface area contributed by atoms with Gasteiger partial charge in [0.2, 0.25) is 0 Å². The molecule has 3 rings (SSSR count). The molecule has 0 aliphatic carbocycles. The van der Waals surface area contributed by atoms with Gasteiger partial charge in [-0.2, -0.15) is 13.2 Å². The van der Waals surface area contributed by atoms with E-state index in [-0.39, 0.29) is 24.0 Å². The molecule has 0 spiro atoms. The molecule has 7 heteroatoms. The number of nitrogens with one attached hydrogen (secondary N) is 1. The molecule has 4 nitrogen and oxygen atoms in total. The van der Waals surface area contributed by atoms with Gasteiger partial charge in [-0.1, -0.05) is 20.8 Å². The highest BCUT2D eigenvalue weighted by Gasteiger charge is 2.50. The first-order chi connectivity index (χ1) is 11.1. The van der Waals surface area contributed by atoms with Crippen LogP contribution in [-0.2, 0) is 0 Å². The predicted molar refractivity (Wildman–Crippen MR) is 88.7 cm³/mol. The molecule has 0 aromatic carbocycles. The van der Waals surface area contributed by atoms with Gasteiger partial charge in [0.15, 0.2) is 0 Å². The monoisotopic (exact) mass is 346 g/mol. The molecule has 0 aromatic rings. The summed E-state index contributed by atoms with van der Waals surface area (Å²) in [5, 5.41) is 1.65. The van der Waals surface area contributed by atoms with E-state index < -0.39 is 12.2 Å². The molecule has 2 fully saturated rings. The molecule has 2 saturated heterocycles. The second-order valence-corrected chi connectivity index (χ2v) is 8.62. The van der Waals surface area contributed by atoms with Crippen LogP contribution in [-0.4, -0.2) is 60.2 Å². The third kappa shape index (κ3) is 3.48. The Labute approximate surface area is 142 Å². The third-order valence-corrected chi connectivity index (χ3v) is 5.84. The maximum absolute atomic E-state index is 13.0. The number of rotatable bonds is 2. The van der Waals surface area contributed by atoms with E-state index in [2.05, 4.69) is 31.1 Å². The highest BCUT2D eigenvalue weighted by Crippen LogP contribution is 2.43. The molecule has 3 heterocycles. The Balaban J connectivity index is 1.76. The number of likely N-dealkylation sites (N-methyl/N-ethyl adjacent to an activating group) is 1. The molecule has 0 aromatic heterocycles. The summed E-state index contributed by atoms with van der Waals surface area (Å²) in [4.78, 5) is 7.09. The Morgan fingerprint density at radius 3 is 2.50 bits per heavy atom. The summed E-state index contributed by atoms with van der Waals surface area (Å²) in [6, 6.07) is -1.22. The minimum absolute atomic E-state index is 0.0981. The molecule has 3 aliphatic heterocycles. The second-order valence-electron chi connectivity index (χ2n) is 8.62. The number of aliphatic imine (C=N–C) groups is 1. The van der Waals surface area contributed by atoms with Gasteiger partial charge in [0.25, 0.3) is 0 Å². The van der Waals surface area contributed by atoms with Crippen LogP contribution >= 0.6 is 0 Å². The Kier molecular flexibility index (Phi) is 4.73. The van der Waals surface area contributed by atoms with E-state index in [0.29, 0.717) is 18.5 Å². The summed E-state index contributed by atoms with van der Waals surface area (Å²) in [5.41, 5.74) is 2.68. The first kappa shape index (κ1) is 18.1. The summed E-state index contributed by atoms with van der Waals surface area (Å²) < 4.78 is 39.1. The number of halogens is 3. The average molecular weight is 346 g/mol. The van der Waals surface area contributed by atoms with Crippen LogP contribution in [0, 0.1) is 11.3 Å². The standard InChI is InChI=1S/C17H29F3N4/c1-16(2,3)14-8-11-6-5-7-21-15(11)24(14)10-12-9-13(17(18,19)20)22-23(12)4/h7,11-15,22H,5-6,8-10H2,1-4H3. The van der Waals surface area contributed by atoms with Crippen molar-refractivity contribution in [3.63, 3.8) is 0 Å². The van der Waals surface area contributed by atoms with Crippen molar-refractivity contribution >= 4 is 6.21 Å². The lowest BCUT2D eigenvalue weighted by atomic mass is 9.82. The second kappa shape index (κ2) is 6.25. The van der Waals surface area contributed by atoms with Gasteiger partial charge in [0.1, 0.15) is 12.2 Å². The van der Waals surface area contributed by atoms with Gasteiger partial charge in [-0.3, -0.25) is 9.89 Å². The molecule has 5 atom stereocenters. The van der Waals surface area contributed by atoms with Crippen LogP contribution in [0.2, 0.25) is 0 Å². The van der Waals surface area contributed by atoms with E-state index in [1.165, 1.54) is 0 Å². The third-order valence-electron chi connectivity index (χ3n) is 5.84. The SMILES string of the molecule is CN1NC(C(F)(F)F)CC1CN1C2N=CCCC2CC1C(C)(C)C. The predicted octanol–water partition coefficient (Wildman–Crippen LogP) is 3.05. The largest absolute Gasteiger partial charge is 0.405 e. The molecule has 3 aliphatic rings. The van der Waals surface area contributed by atoms with E-state index in [1.807, 2.05) is 6.21 Å². The maximum atomic E-state index is 13.0. The van der Waals surface area contributed by atoms with E-state index >= 15 is 0 Å². The molecule has 0 radical (unpaired) electrons. The van der Waals surface area contributed by atoms with Crippen LogP contribution in [0.15, 0.2) is 4.99 Å². The van der Waals surface area contributed by atoms with Crippen molar-refractivity contribution < 1.29 is 13.2 Å². The minimum Gasteiger partial charge on any atom is -0.278 e. The van der Waals surface area contributed by atoms with Crippen molar-refractivity contribution in [3.05, 3.63) is 0 Å². The zero-order valence-electron chi connectivity index (χ0n) is 15.0. The summed E-state index contributed by atoms with van der Waals surface area (Å²) in [7, 11) is 1.72. The lowest BCUT2D eigenvalue weighted by Crippen LogP contribution is -2.50. The summed E-state index contributed by atoms with van der Waals surface area (Å²) >= 11 is 0. The normalized spacial score (nSPS) is 38.7. The fraction of sp³-hybridized carbons (Fsp3) is 0.941. The lowest BCUT2D eigenvalue weighted by Gasteiger charge is -2.39. The quantitative estimate of drug-likeness (QED) is 0.834. The van der Waals surface area contributed by atoms with Crippen LogP contribution in [0.25, 0.3) is 0 Å². The van der Waals surface area contributed by atoms with Gasteiger partial charge in [-0.15, -0.1) is 0 Å². The number of alkyl halides is 3.